The molecule has 3 nitrogen and oxygen atoms in total. The van der Waals surface area contributed by atoms with E-state index in [0.29, 0.717) is 10.0 Å². The number of nitrogens with zero attached hydrogens (tertiary/aromatic N) is 2. The van der Waals surface area contributed by atoms with Gasteiger partial charge in [0.15, 0.2) is 0 Å². The molecule has 0 saturated carbocycles. The molecule has 1 N–H and O–H groups in total. The molecule has 0 bridgehead atoms. The second-order valence-electron chi connectivity index (χ2n) is 6.25. The van der Waals surface area contributed by atoms with E-state index in [4.69, 9.17) is 23.2 Å². The lowest BCUT2D eigenvalue weighted by Gasteiger charge is -2.22. The van der Waals surface area contributed by atoms with Gasteiger partial charge in [-0.3, -0.25) is 0 Å². The van der Waals surface area contributed by atoms with Gasteiger partial charge < -0.3 is 5.32 Å². The van der Waals surface area contributed by atoms with Crippen LogP contribution >= 0.6 is 23.2 Å². The third-order valence-electron chi connectivity index (χ3n) is 3.29. The van der Waals surface area contributed by atoms with Gasteiger partial charge in [-0.25, -0.2) is 4.68 Å². The van der Waals surface area contributed by atoms with E-state index < -0.39 is 0 Å². The minimum atomic E-state index is 0.0340. The summed E-state index contributed by atoms with van der Waals surface area (Å²) in [6.07, 6.45) is 0. The molecule has 21 heavy (non-hydrogen) atoms. The van der Waals surface area contributed by atoms with Gasteiger partial charge in [-0.15, -0.1) is 0 Å². The van der Waals surface area contributed by atoms with Crippen LogP contribution in [0.3, 0.4) is 0 Å². The van der Waals surface area contributed by atoms with Gasteiger partial charge in [0, 0.05) is 12.1 Å². The fourth-order valence-corrected chi connectivity index (χ4v) is 2.53. The Morgan fingerprint density at radius 2 is 1.86 bits per heavy atom. The standard InChI is InChI=1S/C16H21Cl2N3/c1-10-14(18)11(2)21(20-10)15-12(7-6-8-13(15)17)9-19-16(3,4)5/h6-8,19H,9H2,1-5H3. The molecular formula is C16H21Cl2N3. The van der Waals surface area contributed by atoms with E-state index in [9.17, 15) is 0 Å². The molecule has 0 spiro atoms. The maximum absolute atomic E-state index is 6.42. The molecule has 0 saturated heterocycles. The maximum atomic E-state index is 6.42. The van der Waals surface area contributed by atoms with Crippen molar-refractivity contribution < 1.29 is 0 Å². The minimum absolute atomic E-state index is 0.0340. The zero-order valence-electron chi connectivity index (χ0n) is 13.1. The molecule has 1 aromatic heterocycles. The molecule has 114 valence electrons. The Morgan fingerprint density at radius 3 is 2.38 bits per heavy atom. The van der Waals surface area contributed by atoms with Crippen LogP contribution in [-0.2, 0) is 6.54 Å². The van der Waals surface area contributed by atoms with Crippen molar-refractivity contribution in [1.29, 1.82) is 0 Å². The predicted octanol–water partition coefficient (Wildman–Crippen LogP) is 4.68. The molecular weight excluding hydrogens is 305 g/mol. The van der Waals surface area contributed by atoms with Gasteiger partial charge in [-0.05, 0) is 46.2 Å². The third-order valence-corrected chi connectivity index (χ3v) is 4.15. The quantitative estimate of drug-likeness (QED) is 0.887. The van der Waals surface area contributed by atoms with E-state index in [1.807, 2.05) is 30.7 Å². The van der Waals surface area contributed by atoms with Gasteiger partial charge in [0.05, 0.1) is 27.1 Å². The fraction of sp³-hybridized carbons (Fsp3) is 0.438. The average Bonchev–Trinajstić information content (AvgIpc) is 2.63. The van der Waals surface area contributed by atoms with Crippen LogP contribution in [0.25, 0.3) is 5.69 Å². The number of nitrogens with one attached hydrogen (secondary N) is 1. The number of benzene rings is 1. The Hall–Kier alpha value is -1.03. The molecule has 1 aromatic carbocycles. The summed E-state index contributed by atoms with van der Waals surface area (Å²) in [4.78, 5) is 0. The van der Waals surface area contributed by atoms with Gasteiger partial charge in [-0.1, -0.05) is 35.3 Å². The Labute approximate surface area is 136 Å². The van der Waals surface area contributed by atoms with Crippen molar-refractivity contribution in [2.75, 3.05) is 0 Å². The van der Waals surface area contributed by atoms with E-state index in [1.54, 1.807) is 0 Å². The Balaban J connectivity index is 2.49. The van der Waals surface area contributed by atoms with Gasteiger partial charge in [0.25, 0.3) is 0 Å². The molecule has 5 heteroatoms. The number of hydrogen-bond acceptors (Lipinski definition) is 2. The van der Waals surface area contributed by atoms with Crippen LogP contribution in [-0.4, -0.2) is 15.3 Å². The zero-order valence-corrected chi connectivity index (χ0v) is 14.6. The first-order valence-electron chi connectivity index (χ1n) is 6.95. The highest BCUT2D eigenvalue weighted by Gasteiger charge is 2.17. The highest BCUT2D eigenvalue weighted by atomic mass is 35.5. The summed E-state index contributed by atoms with van der Waals surface area (Å²) >= 11 is 12.7. The first-order chi connectivity index (χ1) is 9.70. The number of para-hydroxylation sites is 1. The second kappa shape index (κ2) is 5.99. The minimum Gasteiger partial charge on any atom is -0.308 e. The first-order valence-corrected chi connectivity index (χ1v) is 7.71. The Morgan fingerprint density at radius 1 is 1.19 bits per heavy atom. The summed E-state index contributed by atoms with van der Waals surface area (Å²) in [6.45, 7) is 11.0. The van der Waals surface area contributed by atoms with E-state index >= 15 is 0 Å². The summed E-state index contributed by atoms with van der Waals surface area (Å²) in [7, 11) is 0. The van der Waals surface area contributed by atoms with Crippen LogP contribution in [0.1, 0.15) is 37.7 Å². The molecule has 0 amide bonds. The summed E-state index contributed by atoms with van der Waals surface area (Å²) in [5.74, 6) is 0. The topological polar surface area (TPSA) is 29.9 Å². The molecule has 0 unspecified atom stereocenters. The van der Waals surface area contributed by atoms with E-state index in [0.717, 1.165) is 29.2 Å². The Bertz CT molecular complexity index is 654. The predicted molar refractivity (Wildman–Crippen MR) is 89.7 cm³/mol. The van der Waals surface area contributed by atoms with E-state index in [2.05, 4.69) is 37.3 Å². The van der Waals surface area contributed by atoms with Crippen molar-refractivity contribution in [2.45, 2.75) is 46.7 Å². The lowest BCUT2D eigenvalue weighted by atomic mass is 10.1. The van der Waals surface area contributed by atoms with Crippen molar-refractivity contribution in [2.24, 2.45) is 0 Å². The lowest BCUT2D eigenvalue weighted by Crippen LogP contribution is -2.35. The molecule has 0 aliphatic carbocycles. The molecule has 0 radical (unpaired) electrons. The Kier molecular flexibility index (Phi) is 4.66. The molecule has 0 aliphatic rings. The number of aryl methyl sites for hydroxylation is 1. The van der Waals surface area contributed by atoms with Crippen molar-refractivity contribution in [3.05, 3.63) is 45.2 Å². The van der Waals surface area contributed by atoms with Crippen molar-refractivity contribution in [3.63, 3.8) is 0 Å². The van der Waals surface area contributed by atoms with Gasteiger partial charge in [0.2, 0.25) is 0 Å². The summed E-state index contributed by atoms with van der Waals surface area (Å²) < 4.78 is 1.83. The van der Waals surface area contributed by atoms with Crippen molar-refractivity contribution in [1.82, 2.24) is 15.1 Å². The molecule has 2 rings (SSSR count). The first kappa shape index (κ1) is 16.3. The van der Waals surface area contributed by atoms with Crippen molar-refractivity contribution >= 4 is 23.2 Å². The number of rotatable bonds is 3. The molecule has 0 fully saturated rings. The van der Waals surface area contributed by atoms with Crippen LogP contribution in [0, 0.1) is 13.8 Å². The summed E-state index contributed by atoms with van der Waals surface area (Å²) in [5.41, 5.74) is 3.73. The maximum Gasteiger partial charge on any atom is 0.0880 e. The lowest BCUT2D eigenvalue weighted by molar-refractivity contribution is 0.424. The number of halogens is 2. The summed E-state index contributed by atoms with van der Waals surface area (Å²) in [6, 6.07) is 5.89. The van der Waals surface area contributed by atoms with Crippen LogP contribution < -0.4 is 5.32 Å². The highest BCUT2D eigenvalue weighted by molar-refractivity contribution is 6.33. The highest BCUT2D eigenvalue weighted by Crippen LogP contribution is 2.29. The summed E-state index contributed by atoms with van der Waals surface area (Å²) in [5, 5.41) is 9.36. The molecule has 1 heterocycles. The van der Waals surface area contributed by atoms with E-state index in [1.165, 1.54) is 0 Å². The smallest absolute Gasteiger partial charge is 0.0880 e. The van der Waals surface area contributed by atoms with Crippen LogP contribution in [0.4, 0.5) is 0 Å². The van der Waals surface area contributed by atoms with Crippen LogP contribution in [0.15, 0.2) is 18.2 Å². The third kappa shape index (κ3) is 3.60. The zero-order chi connectivity index (χ0) is 15.8. The van der Waals surface area contributed by atoms with Crippen LogP contribution in [0.5, 0.6) is 0 Å². The van der Waals surface area contributed by atoms with Gasteiger partial charge >= 0.3 is 0 Å². The molecule has 2 aromatic rings. The average molecular weight is 326 g/mol. The fourth-order valence-electron chi connectivity index (χ4n) is 2.14. The number of aromatic nitrogens is 2. The van der Waals surface area contributed by atoms with Gasteiger partial charge in [-0.2, -0.15) is 5.10 Å². The number of hydrogen-bond donors (Lipinski definition) is 1. The molecule has 0 aliphatic heterocycles. The molecule has 0 atom stereocenters. The largest absolute Gasteiger partial charge is 0.308 e. The normalized spacial score (nSPS) is 12.0. The second-order valence-corrected chi connectivity index (χ2v) is 7.03. The SMILES string of the molecule is Cc1nn(-c2c(Cl)cccc2CNC(C)(C)C)c(C)c1Cl. The monoisotopic (exact) mass is 325 g/mol. The van der Waals surface area contributed by atoms with Gasteiger partial charge in [0.1, 0.15) is 0 Å². The van der Waals surface area contributed by atoms with Crippen LogP contribution in [0.2, 0.25) is 10.0 Å². The van der Waals surface area contributed by atoms with E-state index in [-0.39, 0.29) is 5.54 Å². The van der Waals surface area contributed by atoms with Crippen molar-refractivity contribution in [3.8, 4) is 5.69 Å².